The minimum Gasteiger partial charge on any atom is -0.508 e. The molecule has 4 atom stereocenters. The van der Waals surface area contributed by atoms with E-state index in [1.54, 1.807) is 56.3 Å². The Balaban J connectivity index is 0.000000168. The monoisotopic (exact) mass is 898 g/mol. The number of fused-ring (bicyclic) bond motifs is 4. The Morgan fingerprint density at radius 1 is 0.627 bits per heavy atom. The van der Waals surface area contributed by atoms with E-state index >= 15 is 0 Å². The number of halogens is 3. The predicted molar refractivity (Wildman–Crippen MR) is 219 cm³/mol. The van der Waals surface area contributed by atoms with E-state index in [0.717, 1.165) is 57.7 Å². The fraction of sp³-hybridized carbons (Fsp3) is 0.350. The zero-order chi connectivity index (χ0) is 37.2. The van der Waals surface area contributed by atoms with Crippen molar-refractivity contribution in [2.24, 2.45) is 10.8 Å². The van der Waals surface area contributed by atoms with Gasteiger partial charge in [0.25, 0.3) is 0 Å². The summed E-state index contributed by atoms with van der Waals surface area (Å²) < 4.78 is 10.9. The molecule has 11 heteroatoms. The van der Waals surface area contributed by atoms with Crippen LogP contribution in [0.4, 0.5) is 0 Å². The Kier molecular flexibility index (Phi) is 12.5. The number of methoxy groups -OCH3 is 2. The van der Waals surface area contributed by atoms with Crippen molar-refractivity contribution in [3.05, 3.63) is 117 Å². The number of hydrogen-bond acceptors (Lipinski definition) is 7. The van der Waals surface area contributed by atoms with Crippen molar-refractivity contribution in [3.8, 4) is 23.0 Å². The first-order valence-corrected chi connectivity index (χ1v) is 21.0. The number of aromatic hydroxyl groups is 2. The van der Waals surface area contributed by atoms with E-state index in [1.165, 1.54) is 11.1 Å². The molecular weight excluding hydrogens is 859 g/mol. The lowest BCUT2D eigenvalue weighted by molar-refractivity contribution is 0.0796. The molecule has 2 N–H and O–H groups in total. The van der Waals surface area contributed by atoms with Gasteiger partial charge in [0.2, 0.25) is 0 Å². The first-order chi connectivity index (χ1) is 24.2. The average molecular weight is 901 g/mol. The van der Waals surface area contributed by atoms with Crippen molar-refractivity contribution < 1.29 is 29.3 Å². The van der Waals surface area contributed by atoms with Gasteiger partial charge in [-0.15, -0.1) is 47.3 Å². The molecule has 0 bridgehead atoms. The third-order valence-electron chi connectivity index (χ3n) is 10.9. The number of ether oxygens (including phenoxy) is 2. The molecule has 0 radical (unpaired) electrons. The highest BCUT2D eigenvalue weighted by atomic mass is 79.9. The zero-order valence-corrected chi connectivity index (χ0v) is 35.1. The van der Waals surface area contributed by atoms with Gasteiger partial charge in [-0.2, -0.15) is 11.8 Å². The first kappa shape index (κ1) is 39.5. The Bertz CT molecular complexity index is 1950. The van der Waals surface area contributed by atoms with Crippen LogP contribution >= 0.6 is 59.0 Å². The van der Waals surface area contributed by atoms with Gasteiger partial charge in [-0.05, 0) is 144 Å². The number of carbonyl (C=O) groups is 2. The topological polar surface area (TPSA) is 93.1 Å². The molecule has 4 aromatic carbocycles. The van der Waals surface area contributed by atoms with Gasteiger partial charge in [0.15, 0.2) is 11.6 Å². The van der Waals surface area contributed by atoms with Crippen LogP contribution in [0.15, 0.2) is 72.8 Å². The van der Waals surface area contributed by atoms with Gasteiger partial charge >= 0.3 is 3.18 Å². The van der Waals surface area contributed by atoms with Crippen LogP contribution in [-0.4, -0.2) is 51.7 Å². The summed E-state index contributed by atoms with van der Waals surface area (Å²) in [6.45, 7) is 4.24. The lowest BCUT2D eigenvalue weighted by Crippen LogP contribution is -2.31. The Hall–Kier alpha value is -2.73. The number of carbonyl (C=O) groups excluding carboxylic acids is 2. The lowest BCUT2D eigenvalue weighted by Gasteiger charge is -2.27. The number of phenolic OH excluding ortho intramolecular Hbond substituents is 2. The van der Waals surface area contributed by atoms with Crippen LogP contribution < -0.4 is 9.47 Å². The molecule has 0 aromatic heterocycles. The normalized spacial score (nSPS) is 22.8. The molecule has 0 saturated carbocycles. The van der Waals surface area contributed by atoms with Gasteiger partial charge in [0.05, 0.1) is 14.2 Å². The molecule has 0 aliphatic heterocycles. The second-order valence-electron chi connectivity index (χ2n) is 13.6. The maximum atomic E-state index is 13.2. The van der Waals surface area contributed by atoms with Gasteiger partial charge < -0.3 is 19.7 Å². The summed E-state index contributed by atoms with van der Waals surface area (Å²) in [6.07, 6.45) is 7.05. The smallest absolute Gasteiger partial charge is 0.369 e. The SMILES string of the molecule is BrB(Br)Br.CC1c2cc(O)ccc2C(=O)C12Cc1ccc(O)cc1C2.COc1ccc2c(c1)CC1(C2)C(=O)c2ccc(OC)cc2C1C.CSC. The van der Waals surface area contributed by atoms with Crippen LogP contribution in [0.3, 0.4) is 0 Å². The molecule has 0 saturated heterocycles. The molecule has 4 unspecified atom stereocenters. The third kappa shape index (κ3) is 7.55. The molecule has 4 aromatic rings. The molecule has 0 amide bonds. The summed E-state index contributed by atoms with van der Waals surface area (Å²) in [5.41, 5.74) is 7.57. The summed E-state index contributed by atoms with van der Waals surface area (Å²) in [7, 11) is 3.34. The highest BCUT2D eigenvalue weighted by Crippen LogP contribution is 2.56. The van der Waals surface area contributed by atoms with E-state index in [2.05, 4.69) is 73.3 Å². The van der Waals surface area contributed by atoms with E-state index in [9.17, 15) is 19.8 Å². The van der Waals surface area contributed by atoms with Crippen molar-refractivity contribution >= 4 is 73.8 Å². The van der Waals surface area contributed by atoms with Gasteiger partial charge in [-0.3, -0.25) is 9.59 Å². The Labute approximate surface area is 330 Å². The van der Waals surface area contributed by atoms with Crippen molar-refractivity contribution in [3.63, 3.8) is 0 Å². The molecule has 0 fully saturated rings. The summed E-state index contributed by atoms with van der Waals surface area (Å²) >= 11 is 11.1. The molecule has 6 nitrogen and oxygen atoms in total. The van der Waals surface area contributed by atoms with Crippen LogP contribution in [-0.2, 0) is 25.7 Å². The molecule has 51 heavy (non-hydrogen) atoms. The number of benzene rings is 4. The van der Waals surface area contributed by atoms with E-state index in [-0.39, 0.29) is 43.5 Å². The molecule has 4 aliphatic rings. The number of thioether (sulfide) groups is 1. The lowest BCUT2D eigenvalue weighted by atomic mass is 9.74. The van der Waals surface area contributed by atoms with Crippen molar-refractivity contribution in [1.29, 1.82) is 0 Å². The molecule has 2 spiro atoms. The highest BCUT2D eigenvalue weighted by Gasteiger charge is 2.55. The second kappa shape index (κ2) is 16.1. The van der Waals surface area contributed by atoms with Gasteiger partial charge in [0.1, 0.15) is 23.0 Å². The van der Waals surface area contributed by atoms with Crippen molar-refractivity contribution in [1.82, 2.24) is 0 Å². The predicted octanol–water partition coefficient (Wildman–Crippen LogP) is 10.1. The summed E-state index contributed by atoms with van der Waals surface area (Å²) in [4.78, 5) is 26.1. The maximum Gasteiger partial charge on any atom is 0.369 e. The molecule has 4 aliphatic carbocycles. The largest absolute Gasteiger partial charge is 0.508 e. The minimum atomic E-state index is -0.452. The van der Waals surface area contributed by atoms with E-state index < -0.39 is 5.41 Å². The summed E-state index contributed by atoms with van der Waals surface area (Å²) in [6, 6.07) is 22.4. The number of Topliss-reactive ketones (excluding diaryl/α,β-unsaturated/α-hetero) is 2. The number of hydrogen-bond donors (Lipinski definition) is 2. The average Bonchev–Trinajstić information content (AvgIpc) is 3.79. The summed E-state index contributed by atoms with van der Waals surface area (Å²) in [5.74, 6) is 2.84. The standard InChI is InChI=1S/C20H20O3.C18H16O3.C2H6S.BBr3/c1-12-18-9-16(23-3)6-7-17(18)19(21)20(12)10-13-4-5-15(22-2)8-14(13)11-20;1-10-16-7-14(20)4-5-15(16)17(21)18(10)8-11-2-3-13(19)6-12(11)9-18;1-3-2;2-1(3)4/h4-9,12H,10-11H2,1-3H3;2-7,10,19-20H,8-9H2,1H3;1-2H3;. The molecule has 0 heterocycles. The van der Waals surface area contributed by atoms with E-state index in [0.29, 0.717) is 12.8 Å². The number of phenols is 2. The van der Waals surface area contributed by atoms with Gasteiger partial charge in [0, 0.05) is 22.0 Å². The van der Waals surface area contributed by atoms with Crippen LogP contribution in [0, 0.1) is 10.8 Å². The van der Waals surface area contributed by atoms with Gasteiger partial charge in [-0.25, -0.2) is 0 Å². The molecular formula is C40H42BBr3O6S. The quantitative estimate of drug-likeness (QED) is 0.194. The van der Waals surface area contributed by atoms with E-state index in [1.807, 2.05) is 42.8 Å². The maximum absolute atomic E-state index is 13.2. The van der Waals surface area contributed by atoms with Crippen LogP contribution in [0.25, 0.3) is 0 Å². The Morgan fingerprint density at radius 3 is 1.53 bits per heavy atom. The van der Waals surface area contributed by atoms with Gasteiger partial charge in [-0.1, -0.05) is 26.0 Å². The molecule has 268 valence electrons. The minimum absolute atomic E-state index is 0.0710. The fourth-order valence-corrected chi connectivity index (χ4v) is 8.31. The highest BCUT2D eigenvalue weighted by molar-refractivity contribution is 9.69. The fourth-order valence-electron chi connectivity index (χ4n) is 8.31. The summed E-state index contributed by atoms with van der Waals surface area (Å²) in [5, 5.41) is 19.3. The molecule has 8 rings (SSSR count). The van der Waals surface area contributed by atoms with Crippen LogP contribution in [0.5, 0.6) is 23.0 Å². The third-order valence-corrected chi connectivity index (χ3v) is 10.9. The zero-order valence-electron chi connectivity index (χ0n) is 29.6. The number of rotatable bonds is 2. The van der Waals surface area contributed by atoms with Crippen molar-refractivity contribution in [2.75, 3.05) is 26.7 Å². The van der Waals surface area contributed by atoms with Crippen molar-refractivity contribution in [2.45, 2.75) is 51.4 Å². The first-order valence-electron chi connectivity index (χ1n) is 16.6. The Morgan fingerprint density at radius 2 is 1.00 bits per heavy atom. The van der Waals surface area contributed by atoms with E-state index in [4.69, 9.17) is 9.47 Å². The van der Waals surface area contributed by atoms with Crippen LogP contribution in [0.1, 0.15) is 79.8 Å². The number of ketones is 2. The second-order valence-corrected chi connectivity index (χ2v) is 20.8. The van der Waals surface area contributed by atoms with Crippen LogP contribution in [0.2, 0.25) is 0 Å².